The smallest absolute Gasteiger partial charge is 0.253 e. The molecule has 0 atom stereocenters. The Labute approximate surface area is 144 Å². The van der Waals surface area contributed by atoms with Crippen LogP contribution in [0.3, 0.4) is 0 Å². The Morgan fingerprint density at radius 2 is 1.92 bits per heavy atom. The lowest BCUT2D eigenvalue weighted by atomic mass is 9.98. The van der Waals surface area contributed by atoms with E-state index in [0.29, 0.717) is 6.54 Å². The number of aryl methyl sites for hydroxylation is 2. The van der Waals surface area contributed by atoms with Crippen LogP contribution in [0.25, 0.3) is 10.9 Å². The monoisotopic (exact) mass is 327 g/mol. The lowest BCUT2D eigenvalue weighted by Gasteiger charge is -2.41. The molecule has 3 rings (SSSR count). The minimum Gasteiger partial charge on any atom is -0.358 e. The summed E-state index contributed by atoms with van der Waals surface area (Å²) < 4.78 is 0. The van der Waals surface area contributed by atoms with Gasteiger partial charge in [-0.1, -0.05) is 18.6 Å². The molecule has 4 nitrogen and oxygen atoms in total. The highest BCUT2D eigenvalue weighted by Crippen LogP contribution is 2.24. The molecule has 4 heteroatoms. The Bertz CT molecular complexity index is 739. The Kier molecular flexibility index (Phi) is 4.68. The van der Waals surface area contributed by atoms with E-state index in [4.69, 9.17) is 0 Å². The molecule has 24 heavy (non-hydrogen) atoms. The zero-order valence-electron chi connectivity index (χ0n) is 15.3. The number of carbonyl (C=O) groups is 1. The largest absolute Gasteiger partial charge is 0.358 e. The van der Waals surface area contributed by atoms with Crippen molar-refractivity contribution in [1.82, 2.24) is 15.2 Å². The van der Waals surface area contributed by atoms with Gasteiger partial charge in [0, 0.05) is 23.2 Å². The molecular formula is C20H29N3O. The number of nitrogens with zero attached hydrogens (tertiary/aromatic N) is 1. The summed E-state index contributed by atoms with van der Waals surface area (Å²) in [7, 11) is 0. The molecule has 1 aliphatic rings. The predicted octanol–water partition coefficient (Wildman–Crippen LogP) is 3.78. The van der Waals surface area contributed by atoms with Gasteiger partial charge in [-0.3, -0.25) is 9.69 Å². The molecule has 0 spiro atoms. The zero-order valence-corrected chi connectivity index (χ0v) is 15.3. The number of nitrogens with one attached hydrogen (secondary N) is 2. The number of H-pyrrole nitrogens is 1. The van der Waals surface area contributed by atoms with E-state index in [1.807, 2.05) is 12.1 Å². The summed E-state index contributed by atoms with van der Waals surface area (Å²) in [5.41, 5.74) is 4.01. The molecule has 1 saturated heterocycles. The summed E-state index contributed by atoms with van der Waals surface area (Å²) in [5.74, 6) is 0.00642. The lowest BCUT2D eigenvalue weighted by molar-refractivity contribution is 0.0798. The van der Waals surface area contributed by atoms with Crippen LogP contribution in [0.5, 0.6) is 0 Å². The number of hydrogen-bond acceptors (Lipinski definition) is 2. The maximum absolute atomic E-state index is 12.8. The number of amides is 1. The maximum atomic E-state index is 12.8. The molecule has 130 valence electrons. The van der Waals surface area contributed by atoms with Crippen LogP contribution in [-0.2, 0) is 0 Å². The molecule has 1 aromatic carbocycles. The molecule has 0 bridgehead atoms. The number of hydrogen-bond donors (Lipinski definition) is 2. The van der Waals surface area contributed by atoms with Gasteiger partial charge in [0.25, 0.3) is 5.91 Å². The van der Waals surface area contributed by atoms with Crippen molar-refractivity contribution in [2.75, 3.05) is 19.6 Å². The van der Waals surface area contributed by atoms with Crippen LogP contribution in [0.4, 0.5) is 0 Å². The second-order valence-corrected chi connectivity index (χ2v) is 7.65. The van der Waals surface area contributed by atoms with Crippen molar-refractivity contribution in [2.45, 2.75) is 52.5 Å². The van der Waals surface area contributed by atoms with Crippen LogP contribution in [-0.4, -0.2) is 41.0 Å². The van der Waals surface area contributed by atoms with Gasteiger partial charge in [-0.25, -0.2) is 0 Å². The molecule has 0 aliphatic carbocycles. The first-order valence-corrected chi connectivity index (χ1v) is 9.01. The van der Waals surface area contributed by atoms with E-state index >= 15 is 0 Å². The van der Waals surface area contributed by atoms with E-state index in [-0.39, 0.29) is 11.4 Å². The summed E-state index contributed by atoms with van der Waals surface area (Å²) in [5, 5.41) is 4.29. The number of rotatable bonds is 4. The Morgan fingerprint density at radius 3 is 2.62 bits per heavy atom. The first-order chi connectivity index (χ1) is 11.4. The zero-order chi connectivity index (χ0) is 17.3. The average molecular weight is 327 g/mol. The molecule has 0 unspecified atom stereocenters. The van der Waals surface area contributed by atoms with Crippen molar-refractivity contribution in [1.29, 1.82) is 0 Å². The third-order valence-electron chi connectivity index (χ3n) is 5.48. The molecule has 0 radical (unpaired) electrons. The van der Waals surface area contributed by atoms with Crippen molar-refractivity contribution in [3.8, 4) is 0 Å². The van der Waals surface area contributed by atoms with E-state index in [2.05, 4.69) is 49.0 Å². The van der Waals surface area contributed by atoms with Gasteiger partial charge in [0.15, 0.2) is 0 Å². The second kappa shape index (κ2) is 6.60. The van der Waals surface area contributed by atoms with Gasteiger partial charge >= 0.3 is 0 Å². The van der Waals surface area contributed by atoms with Gasteiger partial charge in [0.2, 0.25) is 0 Å². The quantitative estimate of drug-likeness (QED) is 0.898. The molecule has 2 heterocycles. The summed E-state index contributed by atoms with van der Waals surface area (Å²) >= 11 is 0. The van der Waals surface area contributed by atoms with E-state index in [9.17, 15) is 4.79 Å². The normalized spacial score (nSPS) is 16.5. The number of carbonyl (C=O) groups excluding carboxylic acids is 1. The summed E-state index contributed by atoms with van der Waals surface area (Å²) in [6.45, 7) is 11.5. The Balaban J connectivity index is 1.74. The van der Waals surface area contributed by atoms with Gasteiger partial charge in [-0.2, -0.15) is 0 Å². The minimum absolute atomic E-state index is 0.00642. The minimum atomic E-state index is -0.00839. The topological polar surface area (TPSA) is 48.1 Å². The molecule has 2 aromatic rings. The Hall–Kier alpha value is -1.81. The number of piperidine rings is 1. The molecule has 2 N–H and O–H groups in total. The van der Waals surface area contributed by atoms with Gasteiger partial charge in [-0.15, -0.1) is 0 Å². The van der Waals surface area contributed by atoms with Crippen LogP contribution < -0.4 is 5.32 Å². The molecule has 1 aliphatic heterocycles. The van der Waals surface area contributed by atoms with Crippen molar-refractivity contribution < 1.29 is 4.79 Å². The van der Waals surface area contributed by atoms with Crippen LogP contribution in [0, 0.1) is 13.8 Å². The molecule has 1 fully saturated rings. The SMILES string of the molecule is Cc1[nH]c2c(C(=O)NCC(C)(C)N3CCCCC3)cccc2c1C. The van der Waals surface area contributed by atoms with E-state index in [0.717, 1.165) is 35.2 Å². The van der Waals surface area contributed by atoms with Gasteiger partial charge in [-0.05, 0) is 65.3 Å². The van der Waals surface area contributed by atoms with E-state index < -0.39 is 0 Å². The number of benzene rings is 1. The fourth-order valence-corrected chi connectivity index (χ4v) is 3.67. The van der Waals surface area contributed by atoms with Crippen LogP contribution in [0.15, 0.2) is 18.2 Å². The number of para-hydroxylation sites is 1. The third-order valence-corrected chi connectivity index (χ3v) is 5.48. The first kappa shape index (κ1) is 17.0. The van der Waals surface area contributed by atoms with Crippen LogP contribution in [0.1, 0.15) is 54.7 Å². The van der Waals surface area contributed by atoms with Crippen molar-refractivity contribution >= 4 is 16.8 Å². The van der Waals surface area contributed by atoms with Crippen molar-refractivity contribution in [2.24, 2.45) is 0 Å². The van der Waals surface area contributed by atoms with Gasteiger partial charge in [0.05, 0.1) is 11.1 Å². The number of fused-ring (bicyclic) bond motifs is 1. The van der Waals surface area contributed by atoms with Crippen LogP contribution >= 0.6 is 0 Å². The molecular weight excluding hydrogens is 298 g/mol. The van der Waals surface area contributed by atoms with Gasteiger partial charge in [0.1, 0.15) is 0 Å². The van der Waals surface area contributed by atoms with E-state index in [1.165, 1.54) is 24.8 Å². The standard InChI is InChI=1S/C20H29N3O/c1-14-15(2)22-18-16(14)9-8-10-17(18)19(24)21-13-20(3,4)23-11-6-5-7-12-23/h8-10,22H,5-7,11-13H2,1-4H3,(H,21,24). The number of aromatic amines is 1. The van der Waals surface area contributed by atoms with Crippen molar-refractivity contribution in [3.05, 3.63) is 35.0 Å². The summed E-state index contributed by atoms with van der Waals surface area (Å²) in [6, 6.07) is 5.94. The highest BCUT2D eigenvalue weighted by molar-refractivity contribution is 6.06. The number of likely N-dealkylation sites (tertiary alicyclic amines) is 1. The average Bonchev–Trinajstić information content (AvgIpc) is 2.88. The second-order valence-electron chi connectivity index (χ2n) is 7.65. The number of aromatic nitrogens is 1. The highest BCUT2D eigenvalue weighted by atomic mass is 16.1. The summed E-state index contributed by atoms with van der Waals surface area (Å²) in [6.07, 6.45) is 3.85. The summed E-state index contributed by atoms with van der Waals surface area (Å²) in [4.78, 5) is 18.6. The van der Waals surface area contributed by atoms with Crippen molar-refractivity contribution in [3.63, 3.8) is 0 Å². The maximum Gasteiger partial charge on any atom is 0.253 e. The third kappa shape index (κ3) is 3.20. The predicted molar refractivity (Wildman–Crippen MR) is 99.6 cm³/mol. The molecule has 0 saturated carbocycles. The fourth-order valence-electron chi connectivity index (χ4n) is 3.67. The Morgan fingerprint density at radius 1 is 1.21 bits per heavy atom. The molecule has 1 amide bonds. The molecule has 1 aromatic heterocycles. The van der Waals surface area contributed by atoms with Gasteiger partial charge < -0.3 is 10.3 Å². The van der Waals surface area contributed by atoms with Crippen LogP contribution in [0.2, 0.25) is 0 Å². The fraction of sp³-hybridized carbons (Fsp3) is 0.550. The lowest BCUT2D eigenvalue weighted by Crippen LogP contribution is -2.53. The highest BCUT2D eigenvalue weighted by Gasteiger charge is 2.28. The first-order valence-electron chi connectivity index (χ1n) is 9.01. The van der Waals surface area contributed by atoms with E-state index in [1.54, 1.807) is 0 Å².